The molecule has 108 valence electrons. The third-order valence-electron chi connectivity index (χ3n) is 4.56. The molecule has 0 bridgehead atoms. The fourth-order valence-electron chi connectivity index (χ4n) is 3.57. The molecule has 4 nitrogen and oxygen atoms in total. The molecule has 2 heterocycles. The second-order valence-corrected chi connectivity index (χ2v) is 6.67. The molecule has 2 aliphatic rings. The summed E-state index contributed by atoms with van der Waals surface area (Å²) >= 11 is 1.68. The van der Waals surface area contributed by atoms with Gasteiger partial charge in [0.05, 0.1) is 17.9 Å². The van der Waals surface area contributed by atoms with E-state index in [-0.39, 0.29) is 17.9 Å². The van der Waals surface area contributed by atoms with Gasteiger partial charge in [-0.3, -0.25) is 9.59 Å². The molecular weight excluding hydrogens is 274 g/mol. The minimum Gasteiger partial charge on any atom is -0.481 e. The second kappa shape index (κ2) is 5.56. The van der Waals surface area contributed by atoms with Crippen molar-refractivity contribution in [1.29, 1.82) is 0 Å². The molecular formula is C15H19NO3S. The number of likely N-dealkylation sites (tertiary alicyclic amines) is 1. The lowest BCUT2D eigenvalue weighted by Crippen LogP contribution is -2.38. The van der Waals surface area contributed by atoms with Crippen LogP contribution in [0.2, 0.25) is 0 Å². The van der Waals surface area contributed by atoms with Crippen LogP contribution < -0.4 is 0 Å². The normalized spacial score (nSPS) is 29.8. The van der Waals surface area contributed by atoms with Crippen LogP contribution in [0.15, 0.2) is 17.5 Å². The first-order valence-corrected chi connectivity index (χ1v) is 8.13. The largest absolute Gasteiger partial charge is 0.481 e. The smallest absolute Gasteiger partial charge is 0.307 e. The minimum atomic E-state index is -0.812. The highest BCUT2D eigenvalue weighted by Gasteiger charge is 2.42. The summed E-state index contributed by atoms with van der Waals surface area (Å²) < 4.78 is 0. The zero-order valence-corrected chi connectivity index (χ0v) is 12.1. The number of amides is 1. The van der Waals surface area contributed by atoms with E-state index in [1.165, 1.54) is 4.88 Å². The summed E-state index contributed by atoms with van der Waals surface area (Å²) in [5.41, 5.74) is 0. The zero-order chi connectivity index (χ0) is 14.1. The van der Waals surface area contributed by atoms with Crippen molar-refractivity contribution in [1.82, 2.24) is 4.90 Å². The fourth-order valence-corrected chi connectivity index (χ4v) is 4.44. The van der Waals surface area contributed by atoms with Gasteiger partial charge in [0.2, 0.25) is 5.91 Å². The number of carbonyl (C=O) groups is 2. The van der Waals surface area contributed by atoms with E-state index in [4.69, 9.17) is 0 Å². The highest BCUT2D eigenvalue weighted by molar-refractivity contribution is 7.10. The highest BCUT2D eigenvalue weighted by atomic mass is 32.1. The van der Waals surface area contributed by atoms with Gasteiger partial charge >= 0.3 is 5.97 Å². The van der Waals surface area contributed by atoms with Gasteiger partial charge in [-0.05, 0) is 37.1 Å². The predicted molar refractivity (Wildman–Crippen MR) is 76.5 cm³/mol. The van der Waals surface area contributed by atoms with Crippen molar-refractivity contribution >= 4 is 23.2 Å². The molecule has 1 aromatic heterocycles. The fraction of sp³-hybridized carbons (Fsp3) is 0.600. The molecule has 1 aromatic rings. The molecule has 1 saturated carbocycles. The molecule has 1 saturated heterocycles. The quantitative estimate of drug-likeness (QED) is 0.932. The number of thiophene rings is 1. The lowest BCUT2D eigenvalue weighted by atomic mass is 9.94. The van der Waals surface area contributed by atoms with E-state index >= 15 is 0 Å². The number of carboxylic acid groups (broad SMARTS) is 1. The van der Waals surface area contributed by atoms with Crippen LogP contribution in [-0.4, -0.2) is 28.4 Å². The lowest BCUT2D eigenvalue weighted by Gasteiger charge is -2.28. The van der Waals surface area contributed by atoms with E-state index in [0.29, 0.717) is 6.42 Å². The van der Waals surface area contributed by atoms with Crippen LogP contribution >= 0.6 is 11.3 Å². The van der Waals surface area contributed by atoms with Crippen molar-refractivity contribution in [2.45, 2.75) is 38.1 Å². The predicted octanol–water partition coefficient (Wildman–Crippen LogP) is 2.91. The Hall–Kier alpha value is -1.36. The second-order valence-electron chi connectivity index (χ2n) is 5.69. The Morgan fingerprint density at radius 2 is 2.00 bits per heavy atom. The number of carboxylic acids is 1. The van der Waals surface area contributed by atoms with Gasteiger partial charge in [0, 0.05) is 11.4 Å². The number of nitrogens with zero attached hydrogens (tertiary/aromatic N) is 1. The maximum Gasteiger partial charge on any atom is 0.307 e. The van der Waals surface area contributed by atoms with Gasteiger partial charge in [-0.25, -0.2) is 0 Å². The SMILES string of the molecule is O=C(O)C1CCCC1C(=O)N1CCCC1c1cccs1. The van der Waals surface area contributed by atoms with E-state index in [9.17, 15) is 14.7 Å². The number of hydrogen-bond acceptors (Lipinski definition) is 3. The van der Waals surface area contributed by atoms with Gasteiger partial charge in [0.1, 0.15) is 0 Å². The van der Waals surface area contributed by atoms with E-state index in [1.54, 1.807) is 11.3 Å². The Kier molecular flexibility index (Phi) is 3.78. The van der Waals surface area contributed by atoms with Crippen LogP contribution in [0.4, 0.5) is 0 Å². The zero-order valence-electron chi connectivity index (χ0n) is 11.3. The van der Waals surface area contributed by atoms with Crippen LogP contribution in [0.5, 0.6) is 0 Å². The van der Waals surface area contributed by atoms with Crippen molar-refractivity contribution in [2.24, 2.45) is 11.8 Å². The maximum atomic E-state index is 12.7. The van der Waals surface area contributed by atoms with Crippen molar-refractivity contribution < 1.29 is 14.7 Å². The van der Waals surface area contributed by atoms with Crippen LogP contribution in [0.3, 0.4) is 0 Å². The van der Waals surface area contributed by atoms with Crippen molar-refractivity contribution in [3.8, 4) is 0 Å². The standard InChI is InChI=1S/C15H19NO3S/c17-14(10-4-1-5-11(10)15(18)19)16-8-2-6-12(16)13-7-3-9-20-13/h3,7,9-12H,1-2,4-6,8H2,(H,18,19). The molecule has 1 amide bonds. The summed E-state index contributed by atoms with van der Waals surface area (Å²) in [6.45, 7) is 0.768. The van der Waals surface area contributed by atoms with E-state index in [1.807, 2.05) is 16.3 Å². The summed E-state index contributed by atoms with van der Waals surface area (Å²) in [5, 5.41) is 11.3. The van der Waals surface area contributed by atoms with Crippen molar-refractivity contribution in [2.75, 3.05) is 6.54 Å². The number of aliphatic carboxylic acids is 1. The highest BCUT2D eigenvalue weighted by Crippen LogP contribution is 2.39. The molecule has 3 unspecified atom stereocenters. The van der Waals surface area contributed by atoms with Gasteiger partial charge in [-0.2, -0.15) is 0 Å². The Labute approximate surface area is 122 Å². The summed E-state index contributed by atoms with van der Waals surface area (Å²) in [6.07, 6.45) is 4.23. The van der Waals surface area contributed by atoms with E-state index in [0.717, 1.165) is 32.2 Å². The Morgan fingerprint density at radius 1 is 1.20 bits per heavy atom. The molecule has 3 atom stereocenters. The molecule has 3 rings (SSSR count). The molecule has 0 radical (unpaired) electrons. The van der Waals surface area contributed by atoms with Crippen LogP contribution in [0, 0.1) is 11.8 Å². The number of rotatable bonds is 3. The van der Waals surface area contributed by atoms with Crippen molar-refractivity contribution in [3.05, 3.63) is 22.4 Å². The van der Waals surface area contributed by atoms with E-state index in [2.05, 4.69) is 6.07 Å². The average Bonchev–Trinajstić information content (AvgIpc) is 3.17. The van der Waals surface area contributed by atoms with E-state index < -0.39 is 11.9 Å². The first kappa shape index (κ1) is 13.6. The molecule has 1 N–H and O–H groups in total. The third-order valence-corrected chi connectivity index (χ3v) is 5.53. The lowest BCUT2D eigenvalue weighted by molar-refractivity contribution is -0.149. The molecule has 0 spiro atoms. The Bertz CT molecular complexity index is 499. The minimum absolute atomic E-state index is 0.0609. The number of carbonyl (C=O) groups excluding carboxylic acids is 1. The summed E-state index contributed by atoms with van der Waals surface area (Å²) in [5.74, 6) is -1.54. The summed E-state index contributed by atoms with van der Waals surface area (Å²) in [7, 11) is 0. The van der Waals surface area contributed by atoms with Crippen LogP contribution in [-0.2, 0) is 9.59 Å². The topological polar surface area (TPSA) is 57.6 Å². The Morgan fingerprint density at radius 3 is 2.70 bits per heavy atom. The molecule has 2 fully saturated rings. The molecule has 20 heavy (non-hydrogen) atoms. The monoisotopic (exact) mass is 293 g/mol. The number of hydrogen-bond donors (Lipinski definition) is 1. The molecule has 1 aliphatic carbocycles. The molecule has 0 aromatic carbocycles. The summed E-state index contributed by atoms with van der Waals surface area (Å²) in [4.78, 5) is 27.2. The third kappa shape index (κ3) is 2.35. The Balaban J connectivity index is 1.77. The average molecular weight is 293 g/mol. The van der Waals surface area contributed by atoms with Crippen LogP contribution in [0.25, 0.3) is 0 Å². The first-order chi connectivity index (χ1) is 9.68. The van der Waals surface area contributed by atoms with Gasteiger partial charge in [-0.1, -0.05) is 12.5 Å². The van der Waals surface area contributed by atoms with Gasteiger partial charge in [0.25, 0.3) is 0 Å². The molecule has 1 aliphatic heterocycles. The van der Waals surface area contributed by atoms with Gasteiger partial charge in [-0.15, -0.1) is 11.3 Å². The van der Waals surface area contributed by atoms with Crippen LogP contribution in [0.1, 0.15) is 43.0 Å². The van der Waals surface area contributed by atoms with Gasteiger partial charge in [0.15, 0.2) is 0 Å². The van der Waals surface area contributed by atoms with Gasteiger partial charge < -0.3 is 10.0 Å². The summed E-state index contributed by atoms with van der Waals surface area (Å²) in [6, 6.07) is 4.25. The first-order valence-electron chi connectivity index (χ1n) is 7.25. The maximum absolute atomic E-state index is 12.7. The molecule has 5 heteroatoms. The van der Waals surface area contributed by atoms with Crippen molar-refractivity contribution in [3.63, 3.8) is 0 Å².